The molecule has 20 heavy (non-hydrogen) atoms. The van der Waals surface area contributed by atoms with Crippen LogP contribution in [0.1, 0.15) is 43.4 Å². The molecule has 1 aliphatic heterocycles. The summed E-state index contributed by atoms with van der Waals surface area (Å²) < 4.78 is 13.5. The zero-order chi connectivity index (χ0) is 14.5. The number of hydrogen-bond donors (Lipinski definition) is 1. The standard InChI is InChI=1S/C17H27FN2/c1-4-9-20-10-5-6-15(12-19-3)17(20)14-7-8-16(18)13(2)11-14/h7-8,11,15,17,19H,4-6,9-10,12H2,1-3H3. The quantitative estimate of drug-likeness (QED) is 0.886. The Hall–Kier alpha value is -0.930. The SMILES string of the molecule is CCCN1CCCC(CNC)C1c1ccc(F)c(C)c1. The van der Waals surface area contributed by atoms with Crippen molar-refractivity contribution in [1.82, 2.24) is 10.2 Å². The highest BCUT2D eigenvalue weighted by molar-refractivity contribution is 5.27. The summed E-state index contributed by atoms with van der Waals surface area (Å²) in [4.78, 5) is 2.58. The molecule has 1 aromatic carbocycles. The molecule has 1 aromatic rings. The lowest BCUT2D eigenvalue weighted by atomic mass is 9.84. The maximum absolute atomic E-state index is 13.5. The Morgan fingerprint density at radius 2 is 2.20 bits per heavy atom. The van der Waals surface area contributed by atoms with Crippen molar-refractivity contribution in [2.45, 2.75) is 39.2 Å². The van der Waals surface area contributed by atoms with Crippen LogP contribution in [0.3, 0.4) is 0 Å². The Kier molecular flexibility index (Phi) is 5.55. The minimum atomic E-state index is -0.100. The van der Waals surface area contributed by atoms with Crippen LogP contribution in [-0.2, 0) is 0 Å². The molecule has 0 aromatic heterocycles. The van der Waals surface area contributed by atoms with E-state index in [4.69, 9.17) is 0 Å². The summed E-state index contributed by atoms with van der Waals surface area (Å²) >= 11 is 0. The lowest BCUT2D eigenvalue weighted by Crippen LogP contribution is -2.42. The number of aryl methyl sites for hydroxylation is 1. The maximum atomic E-state index is 13.5. The average molecular weight is 278 g/mol. The highest BCUT2D eigenvalue weighted by Gasteiger charge is 2.31. The number of halogens is 1. The number of benzene rings is 1. The molecule has 0 radical (unpaired) electrons. The molecule has 1 saturated heterocycles. The van der Waals surface area contributed by atoms with E-state index in [0.717, 1.165) is 25.2 Å². The largest absolute Gasteiger partial charge is 0.319 e. The number of rotatable bonds is 5. The normalized spacial score (nSPS) is 24.0. The third kappa shape index (κ3) is 3.39. The lowest BCUT2D eigenvalue weighted by molar-refractivity contribution is 0.0923. The summed E-state index contributed by atoms with van der Waals surface area (Å²) in [7, 11) is 2.02. The van der Waals surface area contributed by atoms with Gasteiger partial charge in [0.2, 0.25) is 0 Å². The topological polar surface area (TPSA) is 15.3 Å². The molecule has 1 N–H and O–H groups in total. The summed E-state index contributed by atoms with van der Waals surface area (Å²) in [5, 5.41) is 3.33. The Morgan fingerprint density at radius 1 is 1.40 bits per heavy atom. The number of piperidine rings is 1. The van der Waals surface area contributed by atoms with Crippen molar-refractivity contribution in [3.8, 4) is 0 Å². The molecule has 0 amide bonds. The van der Waals surface area contributed by atoms with Gasteiger partial charge in [0.25, 0.3) is 0 Å². The van der Waals surface area contributed by atoms with Crippen LogP contribution in [0.5, 0.6) is 0 Å². The molecule has 2 atom stereocenters. The van der Waals surface area contributed by atoms with Crippen molar-refractivity contribution in [3.63, 3.8) is 0 Å². The molecule has 0 aliphatic carbocycles. The summed E-state index contributed by atoms with van der Waals surface area (Å²) in [5.41, 5.74) is 2.03. The van der Waals surface area contributed by atoms with E-state index in [1.165, 1.54) is 24.8 Å². The van der Waals surface area contributed by atoms with E-state index in [2.05, 4.69) is 17.1 Å². The average Bonchev–Trinajstić information content (AvgIpc) is 2.43. The van der Waals surface area contributed by atoms with Gasteiger partial charge >= 0.3 is 0 Å². The fraction of sp³-hybridized carbons (Fsp3) is 0.647. The Labute approximate surface area is 122 Å². The molecule has 3 heteroatoms. The van der Waals surface area contributed by atoms with Gasteiger partial charge in [0.05, 0.1) is 0 Å². The molecule has 1 aliphatic rings. The van der Waals surface area contributed by atoms with Crippen molar-refractivity contribution in [3.05, 3.63) is 35.1 Å². The smallest absolute Gasteiger partial charge is 0.126 e. The first-order chi connectivity index (χ1) is 9.67. The molecule has 0 saturated carbocycles. The fourth-order valence-corrected chi connectivity index (χ4v) is 3.50. The van der Waals surface area contributed by atoms with Crippen LogP contribution >= 0.6 is 0 Å². The molecule has 2 rings (SSSR count). The van der Waals surface area contributed by atoms with Crippen molar-refractivity contribution < 1.29 is 4.39 Å². The van der Waals surface area contributed by atoms with Crippen LogP contribution in [0.25, 0.3) is 0 Å². The Balaban J connectivity index is 2.29. The van der Waals surface area contributed by atoms with E-state index in [9.17, 15) is 4.39 Å². The second kappa shape index (κ2) is 7.19. The van der Waals surface area contributed by atoms with Crippen LogP contribution in [-0.4, -0.2) is 31.6 Å². The van der Waals surface area contributed by atoms with Gasteiger partial charge in [-0.3, -0.25) is 4.90 Å². The third-order valence-corrected chi connectivity index (χ3v) is 4.36. The summed E-state index contributed by atoms with van der Waals surface area (Å²) in [6.45, 7) is 7.41. The van der Waals surface area contributed by atoms with Gasteiger partial charge in [-0.2, -0.15) is 0 Å². The second-order valence-electron chi connectivity index (χ2n) is 5.95. The minimum Gasteiger partial charge on any atom is -0.319 e. The number of hydrogen-bond acceptors (Lipinski definition) is 2. The summed E-state index contributed by atoms with van der Waals surface area (Å²) in [5.74, 6) is 0.516. The van der Waals surface area contributed by atoms with Gasteiger partial charge in [-0.05, 0) is 76.0 Å². The van der Waals surface area contributed by atoms with E-state index in [0.29, 0.717) is 12.0 Å². The molecule has 2 nitrogen and oxygen atoms in total. The van der Waals surface area contributed by atoms with Crippen LogP contribution in [0.15, 0.2) is 18.2 Å². The first-order valence-corrected chi connectivity index (χ1v) is 7.82. The zero-order valence-electron chi connectivity index (χ0n) is 13.0. The van der Waals surface area contributed by atoms with Gasteiger partial charge in [-0.1, -0.05) is 19.1 Å². The van der Waals surface area contributed by atoms with Gasteiger partial charge in [0.1, 0.15) is 5.82 Å². The molecule has 112 valence electrons. The van der Waals surface area contributed by atoms with Crippen LogP contribution in [0, 0.1) is 18.7 Å². The number of nitrogens with one attached hydrogen (secondary N) is 1. The van der Waals surface area contributed by atoms with E-state index in [1.807, 2.05) is 26.1 Å². The third-order valence-electron chi connectivity index (χ3n) is 4.36. The van der Waals surface area contributed by atoms with Crippen LogP contribution in [0.2, 0.25) is 0 Å². The minimum absolute atomic E-state index is 0.100. The van der Waals surface area contributed by atoms with Crippen molar-refractivity contribution >= 4 is 0 Å². The van der Waals surface area contributed by atoms with Gasteiger partial charge in [-0.15, -0.1) is 0 Å². The van der Waals surface area contributed by atoms with E-state index >= 15 is 0 Å². The maximum Gasteiger partial charge on any atom is 0.126 e. The van der Waals surface area contributed by atoms with Crippen LogP contribution in [0.4, 0.5) is 4.39 Å². The van der Waals surface area contributed by atoms with E-state index < -0.39 is 0 Å². The Morgan fingerprint density at radius 3 is 2.85 bits per heavy atom. The van der Waals surface area contributed by atoms with Crippen LogP contribution < -0.4 is 5.32 Å². The summed E-state index contributed by atoms with van der Waals surface area (Å²) in [6, 6.07) is 6.07. The molecule has 0 spiro atoms. The molecule has 1 heterocycles. The van der Waals surface area contributed by atoms with Crippen molar-refractivity contribution in [2.24, 2.45) is 5.92 Å². The van der Waals surface area contributed by atoms with E-state index in [-0.39, 0.29) is 5.82 Å². The first kappa shape index (κ1) is 15.5. The highest BCUT2D eigenvalue weighted by atomic mass is 19.1. The summed E-state index contributed by atoms with van der Waals surface area (Å²) in [6.07, 6.45) is 3.69. The number of likely N-dealkylation sites (tertiary alicyclic amines) is 1. The molecule has 1 fully saturated rings. The fourth-order valence-electron chi connectivity index (χ4n) is 3.50. The van der Waals surface area contributed by atoms with E-state index in [1.54, 1.807) is 6.07 Å². The molecular weight excluding hydrogens is 251 g/mol. The van der Waals surface area contributed by atoms with Crippen molar-refractivity contribution in [1.29, 1.82) is 0 Å². The monoisotopic (exact) mass is 278 g/mol. The zero-order valence-corrected chi connectivity index (χ0v) is 13.0. The number of nitrogens with zero attached hydrogens (tertiary/aromatic N) is 1. The molecular formula is C17H27FN2. The predicted octanol–water partition coefficient (Wildman–Crippen LogP) is 3.52. The molecule has 0 bridgehead atoms. The molecule has 2 unspecified atom stereocenters. The lowest BCUT2D eigenvalue weighted by Gasteiger charge is -2.42. The second-order valence-corrected chi connectivity index (χ2v) is 5.95. The van der Waals surface area contributed by atoms with Gasteiger partial charge in [0, 0.05) is 6.04 Å². The van der Waals surface area contributed by atoms with Gasteiger partial charge in [0.15, 0.2) is 0 Å². The van der Waals surface area contributed by atoms with Gasteiger partial charge in [-0.25, -0.2) is 4.39 Å². The highest BCUT2D eigenvalue weighted by Crippen LogP contribution is 2.36. The predicted molar refractivity (Wildman–Crippen MR) is 82.4 cm³/mol. The van der Waals surface area contributed by atoms with Gasteiger partial charge < -0.3 is 5.32 Å². The first-order valence-electron chi connectivity index (χ1n) is 7.82. The Bertz CT molecular complexity index is 415. The van der Waals surface area contributed by atoms with Crippen molar-refractivity contribution in [2.75, 3.05) is 26.7 Å².